The molecule has 0 radical (unpaired) electrons. The van der Waals surface area contributed by atoms with Crippen molar-refractivity contribution in [3.05, 3.63) is 29.8 Å². The molecule has 3 N–H and O–H groups in total. The molecule has 0 aromatic heterocycles. The van der Waals surface area contributed by atoms with Crippen LogP contribution in [0.25, 0.3) is 0 Å². The molecule has 0 saturated carbocycles. The van der Waals surface area contributed by atoms with Crippen molar-refractivity contribution >= 4 is 11.9 Å². The topological polar surface area (TPSA) is 118 Å². The highest BCUT2D eigenvalue weighted by Crippen LogP contribution is 2.40. The average molecular weight is 382 g/mol. The van der Waals surface area contributed by atoms with Gasteiger partial charge in [0.05, 0.1) is 21.3 Å². The predicted octanol–water partition coefficient (Wildman–Crippen LogP) is 0.829. The minimum absolute atomic E-state index is 0.558. The van der Waals surface area contributed by atoms with Gasteiger partial charge < -0.3 is 29.7 Å². The number of nitrogens with zero attached hydrogens (tertiary/aromatic N) is 1. The molecule has 1 fully saturated rings. The maximum Gasteiger partial charge on any atom is 0.328 e. The first-order valence-corrected chi connectivity index (χ1v) is 8.27. The van der Waals surface area contributed by atoms with Crippen molar-refractivity contribution in [2.45, 2.75) is 6.54 Å². The van der Waals surface area contributed by atoms with E-state index in [1.165, 1.54) is 0 Å². The van der Waals surface area contributed by atoms with Crippen LogP contribution in [0.3, 0.4) is 0 Å². The van der Waals surface area contributed by atoms with Crippen LogP contribution in [0.2, 0.25) is 0 Å². The van der Waals surface area contributed by atoms with Gasteiger partial charge in [-0.05, 0) is 6.07 Å². The Balaban J connectivity index is 0.000000387. The Hall–Kier alpha value is -2.78. The lowest BCUT2D eigenvalue weighted by Gasteiger charge is -2.28. The number of piperazine rings is 1. The van der Waals surface area contributed by atoms with Crippen LogP contribution in [0.1, 0.15) is 5.56 Å². The first-order valence-electron chi connectivity index (χ1n) is 8.27. The average Bonchev–Trinajstić information content (AvgIpc) is 2.67. The molecule has 1 aromatic rings. The fourth-order valence-corrected chi connectivity index (χ4v) is 2.54. The lowest BCUT2D eigenvalue weighted by molar-refractivity contribution is -0.134. The Labute approximate surface area is 158 Å². The van der Waals surface area contributed by atoms with Gasteiger partial charge in [-0.2, -0.15) is 0 Å². The maximum atomic E-state index is 9.55. The number of benzene rings is 1. The minimum atomic E-state index is -1.26. The standard InChI is InChI=1S/C14H22N2O3.C4H4O4/c1-17-12-5-4-11(13(18-2)14(12)19-3)10-16-8-6-15-7-9-16;5-3(6)1-2-4(7)8/h4-5,15H,6-10H2,1-3H3;1-2H,(H,5,6)(H,7,8)/b;2-1+. The molecule has 1 aliphatic rings. The zero-order valence-corrected chi connectivity index (χ0v) is 15.7. The van der Waals surface area contributed by atoms with Crippen LogP contribution in [-0.4, -0.2) is 74.6 Å². The zero-order chi connectivity index (χ0) is 20.2. The first kappa shape index (κ1) is 22.3. The number of rotatable bonds is 7. The van der Waals surface area contributed by atoms with Crippen LogP contribution < -0.4 is 19.5 Å². The van der Waals surface area contributed by atoms with Gasteiger partial charge in [-0.1, -0.05) is 6.07 Å². The summed E-state index contributed by atoms with van der Waals surface area (Å²) in [5.41, 5.74) is 1.13. The van der Waals surface area contributed by atoms with E-state index in [-0.39, 0.29) is 0 Å². The van der Waals surface area contributed by atoms with E-state index in [1.807, 2.05) is 12.1 Å². The van der Waals surface area contributed by atoms with E-state index in [1.54, 1.807) is 21.3 Å². The second kappa shape index (κ2) is 11.8. The molecule has 0 unspecified atom stereocenters. The normalized spacial score (nSPS) is 14.2. The molecule has 1 saturated heterocycles. The number of aliphatic carboxylic acids is 2. The van der Waals surface area contributed by atoms with E-state index in [0.717, 1.165) is 44.0 Å². The highest BCUT2D eigenvalue weighted by Gasteiger charge is 2.18. The molecule has 0 spiro atoms. The number of carboxylic acid groups (broad SMARTS) is 2. The van der Waals surface area contributed by atoms with E-state index in [0.29, 0.717) is 23.7 Å². The molecular formula is C18H26N2O7. The van der Waals surface area contributed by atoms with Gasteiger partial charge in [0, 0.05) is 50.4 Å². The molecular weight excluding hydrogens is 356 g/mol. The smallest absolute Gasteiger partial charge is 0.328 e. The summed E-state index contributed by atoms with van der Waals surface area (Å²) < 4.78 is 16.2. The van der Waals surface area contributed by atoms with Crippen molar-refractivity contribution in [2.24, 2.45) is 0 Å². The lowest BCUT2D eigenvalue weighted by atomic mass is 10.1. The fraction of sp³-hybridized carbons (Fsp3) is 0.444. The van der Waals surface area contributed by atoms with Gasteiger partial charge >= 0.3 is 11.9 Å². The number of nitrogens with one attached hydrogen (secondary N) is 1. The maximum absolute atomic E-state index is 9.55. The zero-order valence-electron chi connectivity index (χ0n) is 15.7. The summed E-state index contributed by atoms with van der Waals surface area (Å²) in [7, 11) is 4.93. The van der Waals surface area contributed by atoms with Gasteiger partial charge in [-0.3, -0.25) is 4.90 Å². The summed E-state index contributed by atoms with van der Waals surface area (Å²) >= 11 is 0. The van der Waals surface area contributed by atoms with Crippen molar-refractivity contribution in [3.8, 4) is 17.2 Å². The predicted molar refractivity (Wildman–Crippen MR) is 98.7 cm³/mol. The molecule has 1 heterocycles. The minimum Gasteiger partial charge on any atom is -0.493 e. The Morgan fingerprint density at radius 3 is 2.00 bits per heavy atom. The SMILES string of the molecule is COc1ccc(CN2CCNCC2)c(OC)c1OC.O=C(O)/C=C/C(=O)O. The summed E-state index contributed by atoms with van der Waals surface area (Å²) in [5.74, 6) is -0.388. The third-order valence-corrected chi connectivity index (χ3v) is 3.76. The molecule has 9 heteroatoms. The van der Waals surface area contributed by atoms with Crippen molar-refractivity contribution in [1.29, 1.82) is 0 Å². The molecule has 27 heavy (non-hydrogen) atoms. The lowest BCUT2D eigenvalue weighted by Crippen LogP contribution is -2.42. The van der Waals surface area contributed by atoms with Crippen LogP contribution in [0.5, 0.6) is 17.2 Å². The van der Waals surface area contributed by atoms with E-state index in [9.17, 15) is 9.59 Å². The second-order valence-electron chi connectivity index (χ2n) is 5.53. The van der Waals surface area contributed by atoms with E-state index in [2.05, 4.69) is 10.2 Å². The largest absolute Gasteiger partial charge is 0.493 e. The van der Waals surface area contributed by atoms with Gasteiger partial charge in [0.25, 0.3) is 0 Å². The summed E-state index contributed by atoms with van der Waals surface area (Å²) in [5, 5.41) is 19.0. The number of hydrogen-bond acceptors (Lipinski definition) is 7. The second-order valence-corrected chi connectivity index (χ2v) is 5.53. The number of carboxylic acids is 2. The number of ether oxygens (including phenoxy) is 3. The summed E-state index contributed by atoms with van der Waals surface area (Å²) in [6.45, 7) is 5.05. The third-order valence-electron chi connectivity index (χ3n) is 3.76. The Morgan fingerprint density at radius 2 is 1.56 bits per heavy atom. The highest BCUT2D eigenvalue weighted by molar-refractivity contribution is 5.89. The number of methoxy groups -OCH3 is 3. The Morgan fingerprint density at radius 1 is 1.00 bits per heavy atom. The van der Waals surface area contributed by atoms with Crippen LogP contribution in [-0.2, 0) is 16.1 Å². The molecule has 1 aromatic carbocycles. The first-order chi connectivity index (χ1) is 12.9. The summed E-state index contributed by atoms with van der Waals surface area (Å²) in [4.78, 5) is 21.5. The number of carbonyl (C=O) groups is 2. The quantitative estimate of drug-likeness (QED) is 0.589. The van der Waals surface area contributed by atoms with Crippen LogP contribution in [0.15, 0.2) is 24.3 Å². The summed E-state index contributed by atoms with van der Waals surface area (Å²) in [6.07, 6.45) is 1.12. The molecule has 0 bridgehead atoms. The van der Waals surface area contributed by atoms with Crippen LogP contribution >= 0.6 is 0 Å². The van der Waals surface area contributed by atoms with Crippen LogP contribution in [0.4, 0.5) is 0 Å². The molecule has 0 atom stereocenters. The van der Waals surface area contributed by atoms with Crippen molar-refractivity contribution < 1.29 is 34.0 Å². The van der Waals surface area contributed by atoms with E-state index in [4.69, 9.17) is 24.4 Å². The van der Waals surface area contributed by atoms with Crippen molar-refractivity contribution in [2.75, 3.05) is 47.5 Å². The molecule has 1 aliphatic heterocycles. The molecule has 9 nitrogen and oxygen atoms in total. The van der Waals surface area contributed by atoms with Crippen molar-refractivity contribution in [3.63, 3.8) is 0 Å². The third kappa shape index (κ3) is 7.55. The Kier molecular flexibility index (Phi) is 9.70. The highest BCUT2D eigenvalue weighted by atomic mass is 16.5. The summed E-state index contributed by atoms with van der Waals surface area (Å²) in [6, 6.07) is 3.97. The monoisotopic (exact) mass is 382 g/mol. The van der Waals surface area contributed by atoms with E-state index < -0.39 is 11.9 Å². The number of hydrogen-bond donors (Lipinski definition) is 3. The van der Waals surface area contributed by atoms with Gasteiger partial charge in [-0.25, -0.2) is 9.59 Å². The molecule has 2 rings (SSSR count). The van der Waals surface area contributed by atoms with Gasteiger partial charge in [0.15, 0.2) is 11.5 Å². The van der Waals surface area contributed by atoms with Gasteiger partial charge in [-0.15, -0.1) is 0 Å². The molecule has 150 valence electrons. The Bertz CT molecular complexity index is 639. The van der Waals surface area contributed by atoms with Gasteiger partial charge in [0.1, 0.15) is 0 Å². The fourth-order valence-electron chi connectivity index (χ4n) is 2.54. The van der Waals surface area contributed by atoms with Crippen LogP contribution in [0, 0.1) is 0 Å². The van der Waals surface area contributed by atoms with Gasteiger partial charge in [0.2, 0.25) is 5.75 Å². The molecule has 0 aliphatic carbocycles. The van der Waals surface area contributed by atoms with Crippen molar-refractivity contribution in [1.82, 2.24) is 10.2 Å². The molecule has 0 amide bonds. The van der Waals surface area contributed by atoms with E-state index >= 15 is 0 Å².